The van der Waals surface area contributed by atoms with Crippen LogP contribution in [0.25, 0.3) is 0 Å². The summed E-state index contributed by atoms with van der Waals surface area (Å²) in [5.41, 5.74) is -0.534. The zero-order valence-corrected chi connectivity index (χ0v) is 14.5. The van der Waals surface area contributed by atoms with Crippen LogP contribution in [-0.4, -0.2) is 41.3 Å². The summed E-state index contributed by atoms with van der Waals surface area (Å²) in [6, 6.07) is 0. The molecule has 1 N–H and O–H groups in total. The topological polar surface area (TPSA) is 65.0 Å². The molecule has 0 spiro atoms. The molecule has 0 aromatic rings. The molecule has 0 bridgehead atoms. The van der Waals surface area contributed by atoms with Crippen molar-refractivity contribution in [1.29, 1.82) is 0 Å². The van der Waals surface area contributed by atoms with E-state index in [1.807, 2.05) is 6.92 Å². The van der Waals surface area contributed by atoms with Gasteiger partial charge in [0.1, 0.15) is 0 Å². The van der Waals surface area contributed by atoms with Gasteiger partial charge < -0.3 is 19.3 Å². The summed E-state index contributed by atoms with van der Waals surface area (Å²) in [7, 11) is 0. The maximum absolute atomic E-state index is 11.5. The minimum absolute atomic E-state index is 0.292. The minimum atomic E-state index is -1.14. The monoisotopic (exact) mass is 314 g/mol. The summed E-state index contributed by atoms with van der Waals surface area (Å²) in [5.74, 6) is -1.52. The van der Waals surface area contributed by atoms with Crippen molar-refractivity contribution in [2.24, 2.45) is 0 Å². The van der Waals surface area contributed by atoms with Crippen molar-refractivity contribution >= 4 is 5.97 Å². The number of carbonyl (C=O) groups is 1. The maximum atomic E-state index is 11.5. The van der Waals surface area contributed by atoms with Crippen LogP contribution in [0.3, 0.4) is 0 Å². The molecular weight excluding hydrogens is 284 g/mol. The number of carbonyl (C=O) groups excluding carboxylic acids is 1. The molecule has 0 aliphatic carbocycles. The quantitative estimate of drug-likeness (QED) is 0.551. The Kier molecular flexibility index (Phi) is 6.18. The first-order chi connectivity index (χ1) is 10.1. The predicted molar refractivity (Wildman–Crippen MR) is 84.4 cm³/mol. The van der Waals surface area contributed by atoms with Gasteiger partial charge >= 0.3 is 5.97 Å². The normalized spacial score (nSPS) is 28.6. The van der Waals surface area contributed by atoms with Crippen molar-refractivity contribution in [3.8, 4) is 0 Å². The number of rotatable bonds is 8. The first-order valence-electron chi connectivity index (χ1n) is 7.96. The van der Waals surface area contributed by atoms with E-state index in [1.54, 1.807) is 13.8 Å². The molecule has 2 unspecified atom stereocenters. The summed E-state index contributed by atoms with van der Waals surface area (Å²) in [5, 5.41) is 10.0. The fourth-order valence-electron chi connectivity index (χ4n) is 2.94. The largest absolute Gasteiger partial charge is 0.462 e. The smallest absolute Gasteiger partial charge is 0.333 e. The fraction of sp³-hybridized carbons (Fsp3) is 0.824. The number of ether oxygens (including phenoxy) is 3. The van der Waals surface area contributed by atoms with Crippen molar-refractivity contribution in [3.05, 3.63) is 12.2 Å². The van der Waals surface area contributed by atoms with Gasteiger partial charge in [-0.2, -0.15) is 0 Å². The van der Waals surface area contributed by atoms with Crippen LogP contribution in [0.2, 0.25) is 0 Å². The molecule has 5 nitrogen and oxygen atoms in total. The third-order valence-corrected chi connectivity index (χ3v) is 4.28. The van der Waals surface area contributed by atoms with Crippen LogP contribution in [0, 0.1) is 0 Å². The lowest BCUT2D eigenvalue weighted by Crippen LogP contribution is -2.44. The van der Waals surface area contributed by atoms with Gasteiger partial charge in [0, 0.05) is 18.4 Å². The van der Waals surface area contributed by atoms with E-state index in [2.05, 4.69) is 20.4 Å². The number of hydrogen-bond acceptors (Lipinski definition) is 5. The highest BCUT2D eigenvalue weighted by atomic mass is 16.7. The van der Waals surface area contributed by atoms with Gasteiger partial charge in [-0.1, -0.05) is 20.4 Å². The Bertz CT molecular complexity index is 411. The highest BCUT2D eigenvalue weighted by molar-refractivity contribution is 5.86. The molecule has 1 aliphatic rings. The lowest BCUT2D eigenvalue weighted by Gasteiger charge is -2.39. The fourth-order valence-corrected chi connectivity index (χ4v) is 2.94. The van der Waals surface area contributed by atoms with Crippen molar-refractivity contribution in [2.75, 3.05) is 13.2 Å². The van der Waals surface area contributed by atoms with Gasteiger partial charge in [-0.25, -0.2) is 4.79 Å². The highest BCUT2D eigenvalue weighted by Gasteiger charge is 2.47. The first kappa shape index (κ1) is 19.1. The SMILES string of the molecule is C=C(C)C(=O)OCCC(CC)(CC)OC1(C)COC(C)(O)C1. The van der Waals surface area contributed by atoms with Crippen LogP contribution >= 0.6 is 0 Å². The highest BCUT2D eigenvalue weighted by Crippen LogP contribution is 2.39. The number of hydrogen-bond donors (Lipinski definition) is 1. The van der Waals surface area contributed by atoms with Gasteiger partial charge in [0.25, 0.3) is 0 Å². The second-order valence-electron chi connectivity index (χ2n) is 6.75. The first-order valence-corrected chi connectivity index (χ1v) is 7.96. The minimum Gasteiger partial charge on any atom is -0.462 e. The van der Waals surface area contributed by atoms with E-state index in [0.29, 0.717) is 31.6 Å². The second-order valence-corrected chi connectivity index (χ2v) is 6.75. The van der Waals surface area contributed by atoms with Gasteiger partial charge in [0.2, 0.25) is 0 Å². The standard InChI is InChI=1S/C17H30O5/c1-7-17(8-2,9-10-20-14(18)13(3)4)22-15(5)11-16(6,19)21-12-15/h19H,3,7-12H2,1-2,4-6H3. The Balaban J connectivity index is 2.67. The lowest BCUT2D eigenvalue weighted by molar-refractivity contribution is -0.165. The van der Waals surface area contributed by atoms with Crippen molar-refractivity contribution < 1.29 is 24.1 Å². The molecule has 0 saturated carbocycles. The van der Waals surface area contributed by atoms with E-state index in [4.69, 9.17) is 14.2 Å². The van der Waals surface area contributed by atoms with E-state index in [-0.39, 0.29) is 5.97 Å². The van der Waals surface area contributed by atoms with Crippen molar-refractivity contribution in [2.45, 2.75) is 77.3 Å². The zero-order valence-electron chi connectivity index (χ0n) is 14.5. The second kappa shape index (κ2) is 7.11. The molecule has 0 amide bonds. The molecule has 0 radical (unpaired) electrons. The van der Waals surface area contributed by atoms with Gasteiger partial charge in [-0.3, -0.25) is 0 Å². The molecule has 128 valence electrons. The van der Waals surface area contributed by atoms with Crippen LogP contribution in [-0.2, 0) is 19.0 Å². The van der Waals surface area contributed by atoms with E-state index < -0.39 is 17.0 Å². The van der Waals surface area contributed by atoms with Crippen LogP contribution in [0.15, 0.2) is 12.2 Å². The molecule has 0 aromatic carbocycles. The van der Waals surface area contributed by atoms with Gasteiger partial charge in [0.15, 0.2) is 5.79 Å². The van der Waals surface area contributed by atoms with E-state index in [0.717, 1.165) is 12.8 Å². The average molecular weight is 314 g/mol. The molecule has 0 aromatic heterocycles. The number of esters is 1. The maximum Gasteiger partial charge on any atom is 0.333 e. The Labute approximate surface area is 133 Å². The lowest BCUT2D eigenvalue weighted by atomic mass is 9.90. The molecule has 1 saturated heterocycles. The Morgan fingerprint density at radius 2 is 1.95 bits per heavy atom. The number of aliphatic hydroxyl groups is 1. The summed E-state index contributed by atoms with van der Waals surface area (Å²) in [6.45, 7) is 13.6. The Morgan fingerprint density at radius 1 is 1.36 bits per heavy atom. The summed E-state index contributed by atoms with van der Waals surface area (Å²) < 4.78 is 17.0. The van der Waals surface area contributed by atoms with Gasteiger partial charge in [0.05, 0.1) is 24.4 Å². The third kappa shape index (κ3) is 5.07. The molecule has 1 fully saturated rings. The Hall–Kier alpha value is -0.910. The van der Waals surface area contributed by atoms with E-state index >= 15 is 0 Å². The van der Waals surface area contributed by atoms with Crippen molar-refractivity contribution in [3.63, 3.8) is 0 Å². The summed E-state index contributed by atoms with van der Waals surface area (Å²) in [4.78, 5) is 11.5. The molecule has 1 rings (SSSR count). The average Bonchev–Trinajstić information content (AvgIpc) is 2.71. The van der Waals surface area contributed by atoms with E-state index in [1.165, 1.54) is 0 Å². The molecule has 22 heavy (non-hydrogen) atoms. The molecule has 1 aliphatic heterocycles. The summed E-state index contributed by atoms with van der Waals surface area (Å²) >= 11 is 0. The molecule has 2 atom stereocenters. The molecule has 1 heterocycles. The zero-order chi connectivity index (χ0) is 17.0. The van der Waals surface area contributed by atoms with Crippen LogP contribution in [0.5, 0.6) is 0 Å². The van der Waals surface area contributed by atoms with Gasteiger partial charge in [-0.15, -0.1) is 0 Å². The molecule has 5 heteroatoms. The third-order valence-electron chi connectivity index (χ3n) is 4.28. The van der Waals surface area contributed by atoms with Crippen LogP contribution in [0.1, 0.15) is 60.3 Å². The van der Waals surface area contributed by atoms with Crippen molar-refractivity contribution in [1.82, 2.24) is 0 Å². The van der Waals surface area contributed by atoms with E-state index in [9.17, 15) is 9.90 Å². The van der Waals surface area contributed by atoms with Crippen LogP contribution in [0.4, 0.5) is 0 Å². The van der Waals surface area contributed by atoms with Crippen LogP contribution < -0.4 is 0 Å². The Morgan fingerprint density at radius 3 is 2.36 bits per heavy atom. The molecular formula is C17H30O5. The summed E-state index contributed by atoms with van der Waals surface area (Å²) in [6.07, 6.45) is 2.63. The predicted octanol–water partition coefficient (Wildman–Crippen LogP) is 2.96. The van der Waals surface area contributed by atoms with Gasteiger partial charge in [-0.05, 0) is 33.6 Å².